The molecule has 1 atom stereocenters. The third-order valence-electron chi connectivity index (χ3n) is 1.79. The molecule has 0 fully saturated rings. The highest BCUT2D eigenvalue weighted by Gasteiger charge is 2.13. The molecule has 0 spiro atoms. The van der Waals surface area contributed by atoms with Crippen LogP contribution in [0.4, 0.5) is 0 Å². The van der Waals surface area contributed by atoms with Crippen molar-refractivity contribution < 1.29 is 4.74 Å². The molecule has 2 rings (SSSR count). The molecule has 13 heavy (non-hydrogen) atoms. The van der Waals surface area contributed by atoms with E-state index in [9.17, 15) is 0 Å². The van der Waals surface area contributed by atoms with Gasteiger partial charge in [-0.1, -0.05) is 11.6 Å². The van der Waals surface area contributed by atoms with Crippen LogP contribution in [0, 0.1) is 0 Å². The van der Waals surface area contributed by atoms with Crippen molar-refractivity contribution in [3.05, 3.63) is 23.2 Å². The van der Waals surface area contributed by atoms with Crippen LogP contribution < -0.4 is 9.46 Å². The number of halogens is 1. The summed E-state index contributed by atoms with van der Waals surface area (Å²) in [4.78, 5) is 1.05. The Bertz CT molecular complexity index is 318. The average Bonchev–Trinajstić information content (AvgIpc) is 2.25. The van der Waals surface area contributed by atoms with Crippen LogP contribution in [0.25, 0.3) is 0 Å². The maximum absolute atomic E-state index is 5.87. The van der Waals surface area contributed by atoms with E-state index in [0.717, 1.165) is 22.2 Å². The van der Waals surface area contributed by atoms with Gasteiger partial charge in [0, 0.05) is 11.6 Å². The zero-order valence-corrected chi connectivity index (χ0v) is 8.78. The summed E-state index contributed by atoms with van der Waals surface area (Å²) < 4.78 is 8.88. The van der Waals surface area contributed by atoms with Crippen molar-refractivity contribution in [1.82, 2.24) is 4.72 Å². The summed E-state index contributed by atoms with van der Waals surface area (Å²) in [5.74, 6) is 0.909. The van der Waals surface area contributed by atoms with Crippen LogP contribution >= 0.6 is 23.5 Å². The lowest BCUT2D eigenvalue weighted by Crippen LogP contribution is -2.22. The Labute approximate surface area is 86.7 Å². The van der Waals surface area contributed by atoms with Gasteiger partial charge in [-0.3, -0.25) is 4.72 Å². The Morgan fingerprint density at radius 3 is 3.31 bits per heavy atom. The minimum atomic E-state index is 0.204. The Morgan fingerprint density at radius 1 is 1.62 bits per heavy atom. The number of fused-ring (bicyclic) bond motifs is 1. The quantitative estimate of drug-likeness (QED) is 0.673. The first kappa shape index (κ1) is 9.19. The fourth-order valence-corrected chi connectivity index (χ4v) is 2.27. The van der Waals surface area contributed by atoms with Crippen LogP contribution in [0.1, 0.15) is 6.92 Å². The highest BCUT2D eigenvalue weighted by atomic mass is 35.5. The predicted octanol–water partition coefficient (Wildman–Crippen LogP) is 2.72. The highest BCUT2D eigenvalue weighted by Crippen LogP contribution is 2.32. The molecule has 0 saturated heterocycles. The predicted molar refractivity (Wildman–Crippen MR) is 55.4 cm³/mol. The molecule has 0 unspecified atom stereocenters. The van der Waals surface area contributed by atoms with Crippen LogP contribution in [0.5, 0.6) is 5.75 Å². The Hall–Kier alpha value is -0.380. The third kappa shape index (κ3) is 2.10. The number of hydrogen-bond donors (Lipinski definition) is 1. The summed E-state index contributed by atoms with van der Waals surface area (Å²) in [6.45, 7) is 2.88. The summed E-state index contributed by atoms with van der Waals surface area (Å²) in [5.41, 5.74) is 0. The average molecular weight is 216 g/mol. The lowest BCUT2D eigenvalue weighted by Gasteiger charge is -2.10. The first-order chi connectivity index (χ1) is 6.25. The first-order valence-corrected chi connectivity index (χ1v) is 5.31. The van der Waals surface area contributed by atoms with Crippen molar-refractivity contribution in [2.24, 2.45) is 0 Å². The molecule has 1 aliphatic heterocycles. The number of nitrogens with one attached hydrogen (secondary N) is 1. The van der Waals surface area contributed by atoms with Gasteiger partial charge in [0.2, 0.25) is 0 Å². The second-order valence-electron chi connectivity index (χ2n) is 2.97. The molecule has 1 N–H and O–H groups in total. The zero-order valence-electron chi connectivity index (χ0n) is 7.21. The molecule has 4 heteroatoms. The molecule has 1 aliphatic rings. The Balaban J connectivity index is 2.34. The van der Waals surface area contributed by atoms with Crippen LogP contribution in [-0.4, -0.2) is 12.6 Å². The number of hydrogen-bond acceptors (Lipinski definition) is 3. The smallest absolute Gasteiger partial charge is 0.134 e. The van der Waals surface area contributed by atoms with Gasteiger partial charge in [-0.05, 0) is 37.1 Å². The maximum atomic E-state index is 5.87. The topological polar surface area (TPSA) is 21.3 Å². The standard InChI is InChI=1S/C9H10ClNOS/c1-6-5-11-13-9-4-7(10)2-3-8(9)12-6/h2-4,6,11H,5H2,1H3/t6-/m1/s1. The van der Waals surface area contributed by atoms with E-state index in [-0.39, 0.29) is 6.10 Å². The van der Waals surface area contributed by atoms with Crippen molar-refractivity contribution in [1.29, 1.82) is 0 Å². The molecule has 1 aromatic carbocycles. The fourth-order valence-electron chi connectivity index (χ4n) is 1.15. The summed E-state index contributed by atoms with van der Waals surface area (Å²) in [6, 6.07) is 5.67. The molecule has 1 aromatic rings. The van der Waals surface area contributed by atoms with Crippen molar-refractivity contribution >= 4 is 23.5 Å². The number of rotatable bonds is 0. The first-order valence-electron chi connectivity index (χ1n) is 4.11. The van der Waals surface area contributed by atoms with Crippen molar-refractivity contribution in [2.75, 3.05) is 6.54 Å². The summed E-state index contributed by atoms with van der Waals surface area (Å²) in [5, 5.41) is 0.742. The second-order valence-corrected chi connectivity index (χ2v) is 4.34. The molecule has 0 bridgehead atoms. The fraction of sp³-hybridized carbons (Fsp3) is 0.333. The van der Waals surface area contributed by atoms with Gasteiger partial charge in [0.15, 0.2) is 0 Å². The molecule has 2 nitrogen and oxygen atoms in total. The lowest BCUT2D eigenvalue weighted by atomic mass is 10.3. The minimum absolute atomic E-state index is 0.204. The van der Waals surface area contributed by atoms with E-state index in [1.807, 2.05) is 25.1 Å². The highest BCUT2D eigenvalue weighted by molar-refractivity contribution is 7.97. The SMILES string of the molecule is C[C@@H]1CNSc2cc(Cl)ccc2O1. The van der Waals surface area contributed by atoms with Gasteiger partial charge in [0.1, 0.15) is 11.9 Å². The molecule has 70 valence electrons. The molecule has 1 heterocycles. The van der Waals surface area contributed by atoms with Crippen LogP contribution in [0.2, 0.25) is 5.02 Å². The van der Waals surface area contributed by atoms with Crippen LogP contribution in [-0.2, 0) is 0 Å². The van der Waals surface area contributed by atoms with Crippen molar-refractivity contribution in [2.45, 2.75) is 17.9 Å². The van der Waals surface area contributed by atoms with Gasteiger partial charge in [0.25, 0.3) is 0 Å². The van der Waals surface area contributed by atoms with Crippen LogP contribution in [0.3, 0.4) is 0 Å². The minimum Gasteiger partial charge on any atom is -0.488 e. The molecule has 0 aromatic heterocycles. The van der Waals surface area contributed by atoms with Crippen molar-refractivity contribution in [3.63, 3.8) is 0 Å². The monoisotopic (exact) mass is 215 g/mol. The zero-order chi connectivity index (χ0) is 9.26. The van der Waals surface area contributed by atoms with Crippen LogP contribution in [0.15, 0.2) is 23.1 Å². The molecular formula is C9H10ClNOS. The third-order valence-corrected chi connectivity index (χ3v) is 2.87. The van der Waals surface area contributed by atoms with E-state index in [2.05, 4.69) is 4.72 Å². The summed E-state index contributed by atoms with van der Waals surface area (Å²) in [6.07, 6.45) is 0.204. The molecule has 0 amide bonds. The normalized spacial score (nSPS) is 21.5. The molecular weight excluding hydrogens is 206 g/mol. The van der Waals surface area contributed by atoms with E-state index >= 15 is 0 Å². The van der Waals surface area contributed by atoms with E-state index in [0.29, 0.717) is 0 Å². The lowest BCUT2D eigenvalue weighted by molar-refractivity contribution is 0.224. The summed E-state index contributed by atoms with van der Waals surface area (Å²) >= 11 is 7.44. The number of ether oxygens (including phenoxy) is 1. The Kier molecular flexibility index (Phi) is 2.67. The number of benzene rings is 1. The molecule has 0 aliphatic carbocycles. The van der Waals surface area contributed by atoms with Gasteiger partial charge in [-0.2, -0.15) is 0 Å². The van der Waals surface area contributed by atoms with Gasteiger partial charge < -0.3 is 4.74 Å². The largest absolute Gasteiger partial charge is 0.488 e. The summed E-state index contributed by atoms with van der Waals surface area (Å²) in [7, 11) is 0. The van der Waals surface area contributed by atoms with E-state index in [1.165, 1.54) is 0 Å². The van der Waals surface area contributed by atoms with Gasteiger partial charge in [-0.15, -0.1) is 0 Å². The molecule has 0 saturated carbocycles. The van der Waals surface area contributed by atoms with E-state index < -0.39 is 0 Å². The van der Waals surface area contributed by atoms with E-state index in [1.54, 1.807) is 11.9 Å². The Morgan fingerprint density at radius 2 is 2.46 bits per heavy atom. The van der Waals surface area contributed by atoms with Gasteiger partial charge in [0.05, 0.1) is 4.90 Å². The van der Waals surface area contributed by atoms with Gasteiger partial charge in [-0.25, -0.2) is 0 Å². The maximum Gasteiger partial charge on any atom is 0.134 e. The van der Waals surface area contributed by atoms with Crippen molar-refractivity contribution in [3.8, 4) is 5.75 Å². The van der Waals surface area contributed by atoms with Gasteiger partial charge >= 0.3 is 0 Å². The van der Waals surface area contributed by atoms with E-state index in [4.69, 9.17) is 16.3 Å². The molecule has 0 radical (unpaired) electrons. The second kappa shape index (κ2) is 3.78.